The molecule has 0 radical (unpaired) electrons. The van der Waals surface area contributed by atoms with E-state index in [1.54, 1.807) is 12.1 Å². The molecule has 0 aromatic heterocycles. The van der Waals surface area contributed by atoms with E-state index in [1.165, 1.54) is 0 Å². The number of carbonyl (C=O) groups excluding carboxylic acids is 1. The number of hydrogen-bond acceptors (Lipinski definition) is 3. The fourth-order valence-corrected chi connectivity index (χ4v) is 3.44. The normalized spacial score (nSPS) is 13.8. The topological polar surface area (TPSA) is 51.2 Å². The monoisotopic (exact) mass is 320 g/mol. The highest BCUT2D eigenvalue weighted by atomic mass is 32.2. The van der Waals surface area contributed by atoms with E-state index in [0.717, 1.165) is 24.7 Å². The van der Waals surface area contributed by atoms with Gasteiger partial charge in [0.2, 0.25) is 10.3 Å². The highest BCUT2D eigenvalue weighted by Gasteiger charge is 2.36. The van der Waals surface area contributed by atoms with Crippen molar-refractivity contribution in [2.24, 2.45) is 5.41 Å². The Morgan fingerprint density at radius 3 is 2.32 bits per heavy atom. The molecule has 0 fully saturated rings. The van der Waals surface area contributed by atoms with Gasteiger partial charge in [-0.05, 0) is 32.3 Å². The molecule has 0 heterocycles. The minimum Gasteiger partial charge on any atom is -0.302 e. The van der Waals surface area contributed by atoms with Crippen molar-refractivity contribution in [2.45, 2.75) is 46.5 Å². The molecule has 1 rings (SSSR count). The smallest absolute Gasteiger partial charge is 0.218 e. The summed E-state index contributed by atoms with van der Waals surface area (Å²) >= 11 is 0. The number of hydrogen-bond donors (Lipinski definition) is 0. The average Bonchev–Trinajstić information content (AvgIpc) is 2.51. The van der Waals surface area contributed by atoms with Crippen LogP contribution in [-0.4, -0.2) is 19.6 Å². The molecular formula is C18H24O3S. The molecule has 0 saturated carbocycles. The van der Waals surface area contributed by atoms with Crippen molar-refractivity contribution in [3.63, 3.8) is 0 Å². The SMILES string of the molecule is CC=CCC(C=O)(CCCC)C(c1ccc(C)cc1)=S(=O)=O. The molecule has 22 heavy (non-hydrogen) atoms. The Labute approximate surface area is 134 Å². The third kappa shape index (κ3) is 4.41. The van der Waals surface area contributed by atoms with Gasteiger partial charge in [-0.3, -0.25) is 0 Å². The van der Waals surface area contributed by atoms with Crippen LogP contribution in [-0.2, 0) is 15.1 Å². The maximum absolute atomic E-state index is 11.9. The molecule has 0 saturated heterocycles. The third-order valence-corrected chi connectivity index (χ3v) is 4.83. The van der Waals surface area contributed by atoms with Crippen LogP contribution in [0.4, 0.5) is 0 Å². The summed E-state index contributed by atoms with van der Waals surface area (Å²) in [6.07, 6.45) is 7.20. The van der Waals surface area contributed by atoms with Crippen LogP contribution >= 0.6 is 0 Å². The first-order valence-electron chi connectivity index (χ1n) is 7.62. The lowest BCUT2D eigenvalue weighted by atomic mass is 9.75. The number of unbranched alkanes of at least 4 members (excludes halogenated alkanes) is 1. The van der Waals surface area contributed by atoms with Gasteiger partial charge in [0.1, 0.15) is 6.29 Å². The van der Waals surface area contributed by atoms with Gasteiger partial charge in [0.25, 0.3) is 0 Å². The summed E-state index contributed by atoms with van der Waals surface area (Å²) in [5.41, 5.74) is 0.676. The van der Waals surface area contributed by atoms with Gasteiger partial charge >= 0.3 is 0 Å². The molecule has 1 unspecified atom stereocenters. The second-order valence-corrected chi connectivity index (χ2v) is 6.46. The van der Waals surface area contributed by atoms with Crippen LogP contribution in [0.15, 0.2) is 36.4 Å². The fraction of sp³-hybridized carbons (Fsp3) is 0.444. The van der Waals surface area contributed by atoms with E-state index in [-0.39, 0.29) is 4.86 Å². The first kappa shape index (κ1) is 18.4. The Balaban J connectivity index is 3.47. The first-order valence-corrected chi connectivity index (χ1v) is 8.69. The zero-order chi connectivity index (χ0) is 16.6. The highest BCUT2D eigenvalue weighted by Crippen LogP contribution is 2.32. The van der Waals surface area contributed by atoms with E-state index in [4.69, 9.17) is 0 Å². The maximum Gasteiger partial charge on any atom is 0.218 e. The highest BCUT2D eigenvalue weighted by molar-refractivity contribution is 7.73. The summed E-state index contributed by atoms with van der Waals surface area (Å²) in [5.74, 6) is 0. The summed E-state index contributed by atoms with van der Waals surface area (Å²) in [7, 11) is -2.44. The summed E-state index contributed by atoms with van der Waals surface area (Å²) in [6.45, 7) is 5.85. The number of aryl methyl sites for hydroxylation is 1. The largest absolute Gasteiger partial charge is 0.302 e. The van der Waals surface area contributed by atoms with Crippen LogP contribution in [0.25, 0.3) is 0 Å². The third-order valence-electron chi connectivity index (χ3n) is 3.85. The fourth-order valence-electron chi connectivity index (χ4n) is 2.54. The molecule has 1 aromatic rings. The summed E-state index contributed by atoms with van der Waals surface area (Å²) in [5, 5.41) is 0. The number of carbonyl (C=O) groups is 1. The average molecular weight is 320 g/mol. The van der Waals surface area contributed by atoms with Crippen molar-refractivity contribution >= 4 is 21.4 Å². The van der Waals surface area contributed by atoms with Crippen molar-refractivity contribution in [1.82, 2.24) is 0 Å². The standard InChI is InChI=1S/C18H24O3S/c1-4-6-12-18(14-19,13-7-5-2)17(22(20)21)16-10-8-15(3)9-11-16/h4,6,8-11,14H,5,7,12-13H2,1-3H3. The molecule has 1 atom stereocenters. The molecule has 1 aromatic carbocycles. The van der Waals surface area contributed by atoms with Crippen molar-refractivity contribution < 1.29 is 13.2 Å². The Morgan fingerprint density at radius 2 is 1.86 bits per heavy atom. The van der Waals surface area contributed by atoms with E-state index in [9.17, 15) is 13.2 Å². The van der Waals surface area contributed by atoms with Crippen LogP contribution in [0.2, 0.25) is 0 Å². The van der Waals surface area contributed by atoms with Crippen molar-refractivity contribution in [1.29, 1.82) is 0 Å². The molecule has 0 spiro atoms. The number of allylic oxidation sites excluding steroid dienone is 2. The van der Waals surface area contributed by atoms with E-state index < -0.39 is 15.7 Å². The minimum absolute atomic E-state index is 0.203. The van der Waals surface area contributed by atoms with Crippen LogP contribution in [0.1, 0.15) is 50.7 Å². The Bertz CT molecular complexity index is 646. The summed E-state index contributed by atoms with van der Waals surface area (Å²) < 4.78 is 23.8. The van der Waals surface area contributed by atoms with Crippen LogP contribution in [0.5, 0.6) is 0 Å². The molecule has 120 valence electrons. The second-order valence-electron chi connectivity index (χ2n) is 5.58. The second kappa shape index (κ2) is 8.69. The molecule has 0 aliphatic carbocycles. The Hall–Kier alpha value is -1.68. The van der Waals surface area contributed by atoms with Crippen LogP contribution in [0.3, 0.4) is 0 Å². The predicted octanol–water partition coefficient (Wildman–Crippen LogP) is 3.74. The molecule has 0 N–H and O–H groups in total. The molecule has 3 nitrogen and oxygen atoms in total. The van der Waals surface area contributed by atoms with Gasteiger partial charge < -0.3 is 4.79 Å². The Morgan fingerprint density at radius 1 is 1.23 bits per heavy atom. The van der Waals surface area contributed by atoms with Gasteiger partial charge in [-0.2, -0.15) is 8.42 Å². The van der Waals surface area contributed by atoms with Crippen molar-refractivity contribution in [3.05, 3.63) is 47.5 Å². The van der Waals surface area contributed by atoms with E-state index in [2.05, 4.69) is 0 Å². The molecule has 0 aliphatic rings. The van der Waals surface area contributed by atoms with Crippen molar-refractivity contribution in [3.8, 4) is 0 Å². The lowest BCUT2D eigenvalue weighted by molar-refractivity contribution is -0.113. The van der Waals surface area contributed by atoms with Crippen LogP contribution < -0.4 is 0 Å². The van der Waals surface area contributed by atoms with Crippen LogP contribution in [0, 0.1) is 12.3 Å². The van der Waals surface area contributed by atoms with Gasteiger partial charge in [-0.15, -0.1) is 0 Å². The molecule has 0 aliphatic heterocycles. The van der Waals surface area contributed by atoms with Gasteiger partial charge in [0, 0.05) is 0 Å². The van der Waals surface area contributed by atoms with E-state index in [0.29, 0.717) is 18.4 Å². The molecule has 0 bridgehead atoms. The Kier molecular flexibility index (Phi) is 7.25. The maximum atomic E-state index is 11.9. The van der Waals surface area contributed by atoms with Gasteiger partial charge in [-0.1, -0.05) is 61.7 Å². The van der Waals surface area contributed by atoms with Gasteiger partial charge in [0.15, 0.2) is 0 Å². The predicted molar refractivity (Wildman–Crippen MR) is 91.7 cm³/mol. The van der Waals surface area contributed by atoms with Gasteiger partial charge in [0.05, 0.1) is 10.3 Å². The molecule has 0 amide bonds. The van der Waals surface area contributed by atoms with E-state index >= 15 is 0 Å². The number of benzene rings is 1. The number of rotatable bonds is 8. The number of aldehydes is 1. The summed E-state index contributed by atoms with van der Waals surface area (Å²) in [6, 6.07) is 7.29. The molecular weight excluding hydrogens is 296 g/mol. The lowest BCUT2D eigenvalue weighted by Gasteiger charge is -2.27. The van der Waals surface area contributed by atoms with Gasteiger partial charge in [-0.25, -0.2) is 0 Å². The zero-order valence-corrected chi connectivity index (χ0v) is 14.3. The lowest BCUT2D eigenvalue weighted by Crippen LogP contribution is -2.34. The molecule has 4 heteroatoms. The quantitative estimate of drug-likeness (QED) is 0.317. The first-order chi connectivity index (χ1) is 10.5. The minimum atomic E-state index is -2.44. The van der Waals surface area contributed by atoms with Crippen molar-refractivity contribution in [2.75, 3.05) is 0 Å². The van der Waals surface area contributed by atoms with E-state index in [1.807, 2.05) is 45.1 Å². The summed E-state index contributed by atoms with van der Waals surface area (Å²) in [4.78, 5) is 12.1. The zero-order valence-electron chi connectivity index (χ0n) is 13.5.